The number of nitrogens with one attached hydrogen (secondary N) is 4. The standard InChI is InChI=1S/C21H25N5O2/c1-13(2)19(20-24-16-9-4-5-10-17(16)25-20)26-18(27)12-22-21(28)23-15-8-6-7-14(3)11-15/h4-11,13,19H,12H2,1-3H3,(H,24,25)(H,26,27)(H2,22,23,28). The molecule has 0 bridgehead atoms. The van der Waals surface area contributed by atoms with Crippen LogP contribution in [-0.2, 0) is 4.79 Å². The van der Waals surface area contributed by atoms with E-state index >= 15 is 0 Å². The molecule has 0 saturated heterocycles. The monoisotopic (exact) mass is 379 g/mol. The Morgan fingerprint density at radius 3 is 2.61 bits per heavy atom. The van der Waals surface area contributed by atoms with Crippen molar-refractivity contribution in [1.29, 1.82) is 0 Å². The zero-order valence-electron chi connectivity index (χ0n) is 16.2. The third kappa shape index (κ3) is 4.88. The largest absolute Gasteiger partial charge is 0.344 e. The third-order valence-electron chi connectivity index (χ3n) is 4.37. The molecule has 1 atom stereocenters. The van der Waals surface area contributed by atoms with Crippen molar-refractivity contribution < 1.29 is 9.59 Å². The van der Waals surface area contributed by atoms with Crippen LogP contribution >= 0.6 is 0 Å². The van der Waals surface area contributed by atoms with E-state index in [9.17, 15) is 9.59 Å². The van der Waals surface area contributed by atoms with Crippen molar-refractivity contribution in [2.45, 2.75) is 26.8 Å². The van der Waals surface area contributed by atoms with Crippen LogP contribution < -0.4 is 16.0 Å². The second-order valence-corrected chi connectivity index (χ2v) is 7.11. The Bertz CT molecular complexity index is 947. The molecule has 146 valence electrons. The first-order valence-electron chi connectivity index (χ1n) is 9.28. The second kappa shape index (κ2) is 8.56. The number of anilines is 1. The second-order valence-electron chi connectivity index (χ2n) is 7.11. The Labute approximate surface area is 163 Å². The summed E-state index contributed by atoms with van der Waals surface area (Å²) in [6, 6.07) is 14.5. The first-order valence-corrected chi connectivity index (χ1v) is 9.28. The van der Waals surface area contributed by atoms with Gasteiger partial charge >= 0.3 is 6.03 Å². The van der Waals surface area contributed by atoms with E-state index in [0.29, 0.717) is 11.5 Å². The fraction of sp³-hybridized carbons (Fsp3) is 0.286. The number of carbonyl (C=O) groups excluding carboxylic acids is 2. The van der Waals surface area contributed by atoms with E-state index in [1.54, 1.807) is 6.07 Å². The maximum absolute atomic E-state index is 12.4. The number of benzene rings is 2. The summed E-state index contributed by atoms with van der Waals surface area (Å²) in [5.74, 6) is 0.554. The molecule has 1 heterocycles. The molecule has 28 heavy (non-hydrogen) atoms. The highest BCUT2D eigenvalue weighted by atomic mass is 16.2. The van der Waals surface area contributed by atoms with Crippen molar-refractivity contribution in [3.8, 4) is 0 Å². The van der Waals surface area contributed by atoms with Gasteiger partial charge in [0.25, 0.3) is 0 Å². The average Bonchev–Trinajstić information content (AvgIpc) is 3.08. The molecule has 3 aromatic rings. The normalized spacial score (nSPS) is 12.0. The van der Waals surface area contributed by atoms with E-state index < -0.39 is 6.03 Å². The number of hydrogen-bond acceptors (Lipinski definition) is 3. The molecule has 3 amide bonds. The average molecular weight is 379 g/mol. The Morgan fingerprint density at radius 1 is 1.11 bits per heavy atom. The van der Waals surface area contributed by atoms with Crippen molar-refractivity contribution >= 4 is 28.7 Å². The lowest BCUT2D eigenvalue weighted by molar-refractivity contribution is -0.121. The molecular formula is C21H25N5O2. The van der Waals surface area contributed by atoms with E-state index in [2.05, 4.69) is 25.9 Å². The van der Waals surface area contributed by atoms with Gasteiger partial charge in [0.1, 0.15) is 5.82 Å². The number of H-pyrrole nitrogens is 1. The van der Waals surface area contributed by atoms with E-state index in [-0.39, 0.29) is 24.4 Å². The van der Waals surface area contributed by atoms with E-state index in [4.69, 9.17) is 0 Å². The number of hydrogen-bond donors (Lipinski definition) is 4. The van der Waals surface area contributed by atoms with Crippen molar-refractivity contribution in [1.82, 2.24) is 20.6 Å². The summed E-state index contributed by atoms with van der Waals surface area (Å²) in [6.45, 7) is 5.84. The Morgan fingerprint density at radius 2 is 1.89 bits per heavy atom. The predicted octanol–water partition coefficient (Wildman–Crippen LogP) is 3.51. The Balaban J connectivity index is 1.57. The highest BCUT2D eigenvalue weighted by Gasteiger charge is 2.22. The number of nitrogens with zero attached hydrogens (tertiary/aromatic N) is 1. The molecule has 0 saturated carbocycles. The lowest BCUT2D eigenvalue weighted by Gasteiger charge is -2.20. The summed E-state index contributed by atoms with van der Waals surface area (Å²) in [6.07, 6.45) is 0. The molecule has 0 radical (unpaired) electrons. The first-order chi connectivity index (χ1) is 13.4. The van der Waals surface area contributed by atoms with Gasteiger partial charge in [0.2, 0.25) is 5.91 Å². The maximum atomic E-state index is 12.4. The van der Waals surface area contributed by atoms with Crippen LogP contribution in [0.1, 0.15) is 31.3 Å². The van der Waals surface area contributed by atoms with Gasteiger partial charge in [-0.3, -0.25) is 4.79 Å². The van der Waals surface area contributed by atoms with E-state index in [1.165, 1.54) is 0 Å². The lowest BCUT2D eigenvalue weighted by atomic mass is 10.0. The van der Waals surface area contributed by atoms with Crippen LogP contribution in [0, 0.1) is 12.8 Å². The number of fused-ring (bicyclic) bond motifs is 1. The number of imidazole rings is 1. The molecule has 4 N–H and O–H groups in total. The number of urea groups is 1. The molecule has 0 aliphatic rings. The predicted molar refractivity (Wildman–Crippen MR) is 110 cm³/mol. The quantitative estimate of drug-likeness (QED) is 0.527. The number of aryl methyl sites for hydroxylation is 1. The SMILES string of the molecule is Cc1cccc(NC(=O)NCC(=O)NC(c2nc3ccccc3[nH]2)C(C)C)c1. The van der Waals surface area contributed by atoms with Gasteiger partial charge in [0.05, 0.1) is 23.6 Å². The minimum atomic E-state index is -0.425. The smallest absolute Gasteiger partial charge is 0.319 e. The van der Waals surface area contributed by atoms with E-state index in [1.807, 2.05) is 63.2 Å². The first kappa shape index (κ1) is 19.4. The minimum absolute atomic E-state index is 0.124. The zero-order chi connectivity index (χ0) is 20.1. The van der Waals surface area contributed by atoms with Crippen LogP contribution in [0.4, 0.5) is 10.5 Å². The number of rotatable bonds is 6. The van der Waals surface area contributed by atoms with E-state index in [0.717, 1.165) is 16.6 Å². The van der Waals surface area contributed by atoms with Crippen LogP contribution in [0.15, 0.2) is 48.5 Å². The summed E-state index contributed by atoms with van der Waals surface area (Å²) < 4.78 is 0. The summed E-state index contributed by atoms with van der Waals surface area (Å²) in [4.78, 5) is 32.2. The molecule has 3 rings (SSSR count). The van der Waals surface area contributed by atoms with Crippen molar-refractivity contribution in [2.75, 3.05) is 11.9 Å². The third-order valence-corrected chi connectivity index (χ3v) is 4.37. The highest BCUT2D eigenvalue weighted by Crippen LogP contribution is 2.22. The van der Waals surface area contributed by atoms with Gasteiger partial charge in [-0.15, -0.1) is 0 Å². The number of aromatic nitrogens is 2. The van der Waals surface area contributed by atoms with Gasteiger partial charge in [-0.1, -0.05) is 38.1 Å². The van der Waals surface area contributed by atoms with Gasteiger partial charge in [0.15, 0.2) is 0 Å². The summed E-state index contributed by atoms with van der Waals surface area (Å²) in [5, 5.41) is 8.24. The van der Waals surface area contributed by atoms with Crippen molar-refractivity contribution in [3.05, 3.63) is 59.9 Å². The summed E-state index contributed by atoms with van der Waals surface area (Å²) in [5.41, 5.74) is 3.50. The molecule has 2 aromatic carbocycles. The Kier molecular flexibility index (Phi) is 5.93. The lowest BCUT2D eigenvalue weighted by Crippen LogP contribution is -2.41. The molecule has 7 nitrogen and oxygen atoms in total. The number of carbonyl (C=O) groups is 2. The molecule has 0 spiro atoms. The fourth-order valence-corrected chi connectivity index (χ4v) is 2.95. The van der Waals surface area contributed by atoms with Gasteiger partial charge in [0, 0.05) is 5.69 Å². The summed E-state index contributed by atoms with van der Waals surface area (Å²) in [7, 11) is 0. The Hall–Kier alpha value is -3.35. The number of amides is 3. The zero-order valence-corrected chi connectivity index (χ0v) is 16.2. The summed E-state index contributed by atoms with van der Waals surface area (Å²) >= 11 is 0. The van der Waals surface area contributed by atoms with Crippen LogP contribution in [0.25, 0.3) is 11.0 Å². The molecule has 1 unspecified atom stereocenters. The van der Waals surface area contributed by atoms with Gasteiger partial charge in [-0.05, 0) is 42.7 Å². The highest BCUT2D eigenvalue weighted by molar-refractivity contribution is 5.92. The fourth-order valence-electron chi connectivity index (χ4n) is 2.95. The molecule has 0 aliphatic carbocycles. The number of aromatic amines is 1. The van der Waals surface area contributed by atoms with Gasteiger partial charge in [-0.2, -0.15) is 0 Å². The van der Waals surface area contributed by atoms with Crippen LogP contribution in [0.5, 0.6) is 0 Å². The van der Waals surface area contributed by atoms with Gasteiger partial charge < -0.3 is 20.9 Å². The van der Waals surface area contributed by atoms with Crippen LogP contribution in [0.3, 0.4) is 0 Å². The van der Waals surface area contributed by atoms with Crippen molar-refractivity contribution in [2.24, 2.45) is 5.92 Å². The topological polar surface area (TPSA) is 98.9 Å². The van der Waals surface area contributed by atoms with Crippen LogP contribution in [0.2, 0.25) is 0 Å². The minimum Gasteiger partial charge on any atom is -0.344 e. The number of para-hydroxylation sites is 2. The molecular weight excluding hydrogens is 354 g/mol. The molecule has 0 aliphatic heterocycles. The van der Waals surface area contributed by atoms with Crippen LogP contribution in [-0.4, -0.2) is 28.5 Å². The maximum Gasteiger partial charge on any atom is 0.319 e. The molecule has 0 fully saturated rings. The molecule has 1 aromatic heterocycles. The van der Waals surface area contributed by atoms with Crippen molar-refractivity contribution in [3.63, 3.8) is 0 Å². The van der Waals surface area contributed by atoms with Gasteiger partial charge in [-0.25, -0.2) is 9.78 Å². The molecule has 7 heteroatoms.